The molecule has 2 aliphatic rings. The molecule has 1 aliphatic carbocycles. The number of aromatic nitrogens is 3. The zero-order valence-electron chi connectivity index (χ0n) is 13.0. The Morgan fingerprint density at radius 1 is 1.26 bits per heavy atom. The van der Waals surface area contributed by atoms with Crippen molar-refractivity contribution in [3.63, 3.8) is 0 Å². The third-order valence-electron chi connectivity index (χ3n) is 4.25. The van der Waals surface area contributed by atoms with Gasteiger partial charge < -0.3 is 9.30 Å². The van der Waals surface area contributed by atoms with Gasteiger partial charge in [0.25, 0.3) is 0 Å². The van der Waals surface area contributed by atoms with Gasteiger partial charge in [0.1, 0.15) is 17.2 Å². The van der Waals surface area contributed by atoms with Crippen LogP contribution in [0.5, 0.6) is 0 Å². The van der Waals surface area contributed by atoms with Gasteiger partial charge in [0.2, 0.25) is 0 Å². The van der Waals surface area contributed by atoms with E-state index in [9.17, 15) is 4.79 Å². The third-order valence-corrected chi connectivity index (χ3v) is 5.43. The number of cyclic esters (lactones) is 1. The molecule has 1 aromatic carbocycles. The molecule has 120 valence electrons. The van der Waals surface area contributed by atoms with Crippen molar-refractivity contribution in [1.82, 2.24) is 14.8 Å². The normalized spacial score (nSPS) is 24.0. The van der Waals surface area contributed by atoms with Crippen LogP contribution in [0.1, 0.15) is 43.5 Å². The van der Waals surface area contributed by atoms with Crippen LogP contribution in [0, 0.1) is 0 Å². The van der Waals surface area contributed by atoms with Gasteiger partial charge in [-0.25, -0.2) is 0 Å². The molecule has 2 heterocycles. The fraction of sp³-hybridized carbons (Fsp3) is 0.471. The maximum Gasteiger partial charge on any atom is 0.319 e. The van der Waals surface area contributed by atoms with E-state index in [1.165, 1.54) is 30.2 Å². The minimum absolute atomic E-state index is 0.00611. The van der Waals surface area contributed by atoms with E-state index in [-0.39, 0.29) is 17.3 Å². The van der Waals surface area contributed by atoms with Crippen LogP contribution >= 0.6 is 11.8 Å². The first kappa shape index (κ1) is 14.8. The Hall–Kier alpha value is -1.82. The molecule has 1 saturated heterocycles. The summed E-state index contributed by atoms with van der Waals surface area (Å²) in [5.74, 6) is 1.44. The number of thioether (sulfide) groups is 1. The highest BCUT2D eigenvalue weighted by atomic mass is 32.2. The minimum Gasteiger partial charge on any atom is -0.462 e. The van der Waals surface area contributed by atoms with Gasteiger partial charge in [-0.05, 0) is 25.3 Å². The minimum atomic E-state index is -0.171. The van der Waals surface area contributed by atoms with Gasteiger partial charge >= 0.3 is 5.97 Å². The number of benzene rings is 1. The van der Waals surface area contributed by atoms with Gasteiger partial charge in [-0.1, -0.05) is 42.1 Å². The number of ether oxygens (including phenoxy) is 1. The summed E-state index contributed by atoms with van der Waals surface area (Å²) in [7, 11) is 0. The van der Waals surface area contributed by atoms with Crippen molar-refractivity contribution in [3.8, 4) is 0 Å². The van der Waals surface area contributed by atoms with E-state index < -0.39 is 0 Å². The highest BCUT2D eigenvalue weighted by Gasteiger charge is 2.36. The number of esters is 1. The summed E-state index contributed by atoms with van der Waals surface area (Å²) in [4.78, 5) is 11.9. The highest BCUT2D eigenvalue weighted by molar-refractivity contribution is 8.00. The molecule has 6 heteroatoms. The SMILES string of the molecule is C[C@@H]1C[C@@H](Sc2nnc(C3CC3)n2Cc2ccccc2)C(=O)O1. The van der Waals surface area contributed by atoms with E-state index in [1.54, 1.807) is 0 Å². The zero-order valence-corrected chi connectivity index (χ0v) is 13.8. The molecule has 0 bridgehead atoms. The first-order valence-corrected chi connectivity index (χ1v) is 8.93. The molecule has 0 amide bonds. The van der Waals surface area contributed by atoms with E-state index in [0.717, 1.165) is 23.9 Å². The molecule has 1 saturated carbocycles. The second-order valence-corrected chi connectivity index (χ2v) is 7.45. The van der Waals surface area contributed by atoms with Crippen LogP contribution in [0.25, 0.3) is 0 Å². The number of carbonyl (C=O) groups is 1. The predicted octanol–water partition coefficient (Wildman–Crippen LogP) is 3.00. The quantitative estimate of drug-likeness (QED) is 0.789. The van der Waals surface area contributed by atoms with Crippen LogP contribution in [-0.4, -0.2) is 32.1 Å². The first-order valence-electron chi connectivity index (χ1n) is 8.05. The Morgan fingerprint density at radius 3 is 2.70 bits per heavy atom. The van der Waals surface area contributed by atoms with Crippen molar-refractivity contribution in [2.45, 2.75) is 55.2 Å². The molecule has 0 spiro atoms. The molecule has 4 rings (SSSR count). The molecule has 5 nitrogen and oxygen atoms in total. The number of hydrogen-bond donors (Lipinski definition) is 0. The molecule has 0 unspecified atom stereocenters. The Morgan fingerprint density at radius 2 is 2.04 bits per heavy atom. The summed E-state index contributed by atoms with van der Waals surface area (Å²) < 4.78 is 7.43. The Bertz CT molecular complexity index is 712. The van der Waals surface area contributed by atoms with E-state index in [2.05, 4.69) is 26.9 Å². The Kier molecular flexibility index (Phi) is 3.85. The van der Waals surface area contributed by atoms with Gasteiger partial charge in [-0.15, -0.1) is 10.2 Å². The molecular formula is C17H19N3O2S. The van der Waals surface area contributed by atoms with Crippen molar-refractivity contribution >= 4 is 17.7 Å². The molecule has 1 aliphatic heterocycles. The van der Waals surface area contributed by atoms with Crippen molar-refractivity contribution in [2.24, 2.45) is 0 Å². The van der Waals surface area contributed by atoms with Crippen molar-refractivity contribution in [3.05, 3.63) is 41.7 Å². The summed E-state index contributed by atoms with van der Waals surface area (Å²) >= 11 is 1.49. The predicted molar refractivity (Wildman–Crippen MR) is 87.4 cm³/mol. The van der Waals surface area contributed by atoms with E-state index >= 15 is 0 Å². The van der Waals surface area contributed by atoms with E-state index in [1.807, 2.05) is 25.1 Å². The lowest BCUT2D eigenvalue weighted by Gasteiger charge is -2.11. The Labute approximate surface area is 139 Å². The molecule has 23 heavy (non-hydrogen) atoms. The van der Waals surface area contributed by atoms with Gasteiger partial charge in [0, 0.05) is 12.3 Å². The third kappa shape index (κ3) is 3.13. The van der Waals surface area contributed by atoms with Crippen LogP contribution < -0.4 is 0 Å². The second kappa shape index (κ2) is 6.00. The Balaban J connectivity index is 1.60. The van der Waals surface area contributed by atoms with Gasteiger partial charge in [0.15, 0.2) is 5.16 Å². The first-order chi connectivity index (χ1) is 11.2. The monoisotopic (exact) mass is 329 g/mol. The highest BCUT2D eigenvalue weighted by Crippen LogP contribution is 2.41. The fourth-order valence-corrected chi connectivity index (χ4v) is 4.04. The average Bonchev–Trinajstić information content (AvgIpc) is 3.24. The van der Waals surface area contributed by atoms with Crippen molar-refractivity contribution in [1.29, 1.82) is 0 Å². The molecular weight excluding hydrogens is 310 g/mol. The molecule has 2 atom stereocenters. The standard InChI is InChI=1S/C17H19N3O2S/c1-11-9-14(16(21)22-11)23-17-19-18-15(13-7-8-13)20(17)10-12-5-3-2-4-6-12/h2-6,11,13-14H,7-10H2,1H3/t11-,14-/m1/s1. The van der Waals surface area contributed by atoms with Crippen molar-refractivity contribution in [2.75, 3.05) is 0 Å². The summed E-state index contributed by atoms with van der Waals surface area (Å²) in [6, 6.07) is 10.3. The number of nitrogens with zero attached hydrogens (tertiary/aromatic N) is 3. The summed E-state index contributed by atoms with van der Waals surface area (Å²) in [6.45, 7) is 2.68. The second-order valence-electron chi connectivity index (χ2n) is 6.28. The van der Waals surface area contributed by atoms with Crippen LogP contribution in [-0.2, 0) is 16.1 Å². The van der Waals surface area contributed by atoms with Crippen LogP contribution in [0.15, 0.2) is 35.5 Å². The number of hydrogen-bond acceptors (Lipinski definition) is 5. The summed E-state index contributed by atoms with van der Waals surface area (Å²) in [5.41, 5.74) is 1.22. The van der Waals surface area contributed by atoms with Crippen LogP contribution in [0.2, 0.25) is 0 Å². The molecule has 2 aromatic rings. The molecule has 0 N–H and O–H groups in total. The zero-order chi connectivity index (χ0) is 15.8. The number of rotatable bonds is 5. The molecule has 2 fully saturated rings. The topological polar surface area (TPSA) is 57.0 Å². The van der Waals surface area contributed by atoms with Crippen molar-refractivity contribution < 1.29 is 9.53 Å². The van der Waals surface area contributed by atoms with Gasteiger partial charge in [0.05, 0.1) is 6.54 Å². The maximum atomic E-state index is 11.9. The van der Waals surface area contributed by atoms with Crippen LogP contribution in [0.3, 0.4) is 0 Å². The van der Waals surface area contributed by atoms with Gasteiger partial charge in [-0.3, -0.25) is 4.79 Å². The average molecular weight is 329 g/mol. The molecule has 1 aromatic heterocycles. The molecule has 0 radical (unpaired) electrons. The lowest BCUT2D eigenvalue weighted by Crippen LogP contribution is -2.12. The smallest absolute Gasteiger partial charge is 0.319 e. The summed E-state index contributed by atoms with van der Waals surface area (Å²) in [6.07, 6.45) is 3.09. The largest absolute Gasteiger partial charge is 0.462 e. The lowest BCUT2D eigenvalue weighted by atomic mass is 10.2. The summed E-state index contributed by atoms with van der Waals surface area (Å²) in [5, 5.41) is 9.42. The van der Waals surface area contributed by atoms with Gasteiger partial charge in [-0.2, -0.15) is 0 Å². The van der Waals surface area contributed by atoms with E-state index in [0.29, 0.717) is 5.92 Å². The lowest BCUT2D eigenvalue weighted by molar-refractivity contribution is -0.140. The fourth-order valence-electron chi connectivity index (χ4n) is 2.89. The van der Waals surface area contributed by atoms with Crippen LogP contribution in [0.4, 0.5) is 0 Å². The maximum absolute atomic E-state index is 11.9. The van der Waals surface area contributed by atoms with E-state index in [4.69, 9.17) is 4.74 Å². The number of carbonyl (C=O) groups excluding carboxylic acids is 1.